The summed E-state index contributed by atoms with van der Waals surface area (Å²) < 4.78 is 29.3. The standard InChI is InChI=1S/C9H5ClF2N2O2/c1-16-9(15)5-2-4(3-13)6(8(11)12)7(10)14-5/h2,8H,1H3. The molecular weight excluding hydrogens is 242 g/mol. The molecule has 0 aromatic carbocycles. The topological polar surface area (TPSA) is 63.0 Å². The summed E-state index contributed by atoms with van der Waals surface area (Å²) in [7, 11) is 1.10. The fraction of sp³-hybridized carbons (Fsp3) is 0.222. The summed E-state index contributed by atoms with van der Waals surface area (Å²) in [6, 6.07) is 2.44. The molecule has 1 aromatic heterocycles. The Morgan fingerprint density at radius 2 is 2.31 bits per heavy atom. The van der Waals surface area contributed by atoms with Crippen LogP contribution in [0.1, 0.15) is 28.0 Å². The van der Waals surface area contributed by atoms with Crippen molar-refractivity contribution in [2.45, 2.75) is 6.43 Å². The number of carbonyl (C=O) groups excluding carboxylic acids is 1. The molecule has 0 atom stereocenters. The van der Waals surface area contributed by atoms with Crippen LogP contribution in [0.3, 0.4) is 0 Å². The number of hydrogen-bond acceptors (Lipinski definition) is 4. The molecule has 0 N–H and O–H groups in total. The van der Waals surface area contributed by atoms with E-state index in [4.69, 9.17) is 16.9 Å². The van der Waals surface area contributed by atoms with Gasteiger partial charge in [0.1, 0.15) is 5.15 Å². The molecule has 0 unspecified atom stereocenters. The van der Waals surface area contributed by atoms with Gasteiger partial charge in [-0.2, -0.15) is 5.26 Å². The van der Waals surface area contributed by atoms with E-state index < -0.39 is 28.7 Å². The van der Waals surface area contributed by atoms with Crippen LogP contribution in [0.15, 0.2) is 6.07 Å². The number of nitriles is 1. The zero-order valence-electron chi connectivity index (χ0n) is 8.00. The third-order valence-electron chi connectivity index (χ3n) is 1.75. The van der Waals surface area contributed by atoms with Crippen molar-refractivity contribution in [3.8, 4) is 6.07 Å². The van der Waals surface area contributed by atoms with Crippen molar-refractivity contribution in [1.29, 1.82) is 5.26 Å². The normalized spacial score (nSPS) is 10.0. The minimum Gasteiger partial charge on any atom is -0.464 e. The van der Waals surface area contributed by atoms with Crippen LogP contribution in [0.5, 0.6) is 0 Å². The summed E-state index contributed by atoms with van der Waals surface area (Å²) in [6.45, 7) is 0. The van der Waals surface area contributed by atoms with E-state index in [1.807, 2.05) is 0 Å². The van der Waals surface area contributed by atoms with Crippen LogP contribution < -0.4 is 0 Å². The van der Waals surface area contributed by atoms with Crippen molar-refractivity contribution in [2.75, 3.05) is 7.11 Å². The van der Waals surface area contributed by atoms with Crippen LogP contribution in [-0.2, 0) is 4.74 Å². The Kier molecular flexibility index (Phi) is 3.74. The number of ether oxygens (including phenoxy) is 1. The Hall–Kier alpha value is -1.74. The van der Waals surface area contributed by atoms with Crippen LogP contribution in [-0.4, -0.2) is 18.1 Å². The summed E-state index contributed by atoms with van der Waals surface area (Å²) in [4.78, 5) is 14.5. The minimum absolute atomic E-state index is 0.284. The highest BCUT2D eigenvalue weighted by Gasteiger charge is 2.21. The Balaban J connectivity index is 3.39. The van der Waals surface area contributed by atoms with Gasteiger partial charge >= 0.3 is 5.97 Å². The Morgan fingerprint density at radius 3 is 2.75 bits per heavy atom. The minimum atomic E-state index is -2.93. The number of rotatable bonds is 2. The van der Waals surface area contributed by atoms with Gasteiger partial charge in [-0.25, -0.2) is 18.6 Å². The smallest absolute Gasteiger partial charge is 0.356 e. The SMILES string of the molecule is COC(=O)c1cc(C#N)c(C(F)F)c(Cl)n1. The van der Waals surface area contributed by atoms with E-state index in [-0.39, 0.29) is 5.69 Å². The van der Waals surface area contributed by atoms with Gasteiger partial charge in [-0.15, -0.1) is 0 Å². The summed E-state index contributed by atoms with van der Waals surface area (Å²) in [5, 5.41) is 8.07. The second-order valence-corrected chi connectivity index (χ2v) is 3.02. The Morgan fingerprint density at radius 1 is 1.69 bits per heavy atom. The molecular formula is C9H5ClF2N2O2. The Bertz CT molecular complexity index is 471. The predicted octanol–water partition coefficient (Wildman–Crippen LogP) is 2.33. The highest BCUT2D eigenvalue weighted by atomic mass is 35.5. The van der Waals surface area contributed by atoms with E-state index in [9.17, 15) is 13.6 Å². The molecule has 1 rings (SSSR count). The first-order valence-electron chi connectivity index (χ1n) is 3.98. The van der Waals surface area contributed by atoms with Crippen molar-refractivity contribution >= 4 is 17.6 Å². The van der Waals surface area contributed by atoms with E-state index in [1.54, 1.807) is 0 Å². The van der Waals surface area contributed by atoms with E-state index in [2.05, 4.69) is 9.72 Å². The average molecular weight is 247 g/mol. The molecule has 16 heavy (non-hydrogen) atoms. The lowest BCUT2D eigenvalue weighted by Crippen LogP contribution is -2.07. The van der Waals surface area contributed by atoms with Crippen molar-refractivity contribution in [1.82, 2.24) is 4.98 Å². The molecule has 7 heteroatoms. The lowest BCUT2D eigenvalue weighted by Gasteiger charge is -2.06. The third-order valence-corrected chi connectivity index (χ3v) is 2.03. The number of nitrogens with zero attached hydrogens (tertiary/aromatic N) is 2. The van der Waals surface area contributed by atoms with Crippen LogP contribution in [0.25, 0.3) is 0 Å². The summed E-state index contributed by atoms with van der Waals surface area (Å²) in [5.41, 5.74) is -1.36. The van der Waals surface area contributed by atoms with Gasteiger partial charge < -0.3 is 4.74 Å². The molecule has 0 spiro atoms. The maximum atomic E-state index is 12.5. The molecule has 0 saturated carbocycles. The van der Waals surface area contributed by atoms with Gasteiger partial charge in [-0.05, 0) is 6.07 Å². The monoisotopic (exact) mass is 246 g/mol. The molecule has 0 aliphatic carbocycles. The van der Waals surface area contributed by atoms with Gasteiger partial charge in [-0.1, -0.05) is 11.6 Å². The fourth-order valence-corrected chi connectivity index (χ4v) is 1.31. The van der Waals surface area contributed by atoms with Gasteiger partial charge in [0.05, 0.1) is 24.3 Å². The molecule has 0 aliphatic rings. The highest BCUT2D eigenvalue weighted by Crippen LogP contribution is 2.29. The lowest BCUT2D eigenvalue weighted by molar-refractivity contribution is 0.0593. The first kappa shape index (κ1) is 12.3. The van der Waals surface area contributed by atoms with Gasteiger partial charge in [-0.3, -0.25) is 0 Å². The molecule has 0 radical (unpaired) electrons. The van der Waals surface area contributed by atoms with E-state index in [0.717, 1.165) is 13.2 Å². The second kappa shape index (κ2) is 4.86. The fourth-order valence-electron chi connectivity index (χ4n) is 1.03. The predicted molar refractivity (Wildman–Crippen MR) is 50.3 cm³/mol. The highest BCUT2D eigenvalue weighted by molar-refractivity contribution is 6.30. The zero-order chi connectivity index (χ0) is 12.3. The van der Waals surface area contributed by atoms with E-state index in [0.29, 0.717) is 0 Å². The first-order valence-corrected chi connectivity index (χ1v) is 4.36. The molecule has 0 fully saturated rings. The van der Waals surface area contributed by atoms with Crippen molar-refractivity contribution in [2.24, 2.45) is 0 Å². The van der Waals surface area contributed by atoms with Crippen LogP contribution in [0.4, 0.5) is 8.78 Å². The quantitative estimate of drug-likeness (QED) is 0.593. The van der Waals surface area contributed by atoms with Crippen LogP contribution in [0, 0.1) is 11.3 Å². The number of pyridine rings is 1. The third kappa shape index (κ3) is 2.25. The van der Waals surface area contributed by atoms with E-state index in [1.165, 1.54) is 6.07 Å². The van der Waals surface area contributed by atoms with Crippen LogP contribution >= 0.6 is 11.6 Å². The maximum Gasteiger partial charge on any atom is 0.356 e. The maximum absolute atomic E-state index is 12.5. The first-order chi connectivity index (χ1) is 7.51. The number of hydrogen-bond donors (Lipinski definition) is 0. The molecule has 0 amide bonds. The molecule has 4 nitrogen and oxygen atoms in total. The Labute approximate surface area is 94.4 Å². The molecule has 84 valence electrons. The van der Waals surface area contributed by atoms with Gasteiger partial charge in [0.2, 0.25) is 0 Å². The number of aromatic nitrogens is 1. The van der Waals surface area contributed by atoms with Gasteiger partial charge in [0.15, 0.2) is 5.69 Å². The van der Waals surface area contributed by atoms with Crippen LogP contribution in [0.2, 0.25) is 5.15 Å². The summed E-state index contributed by atoms with van der Waals surface area (Å²) >= 11 is 5.46. The van der Waals surface area contributed by atoms with E-state index >= 15 is 0 Å². The van der Waals surface area contributed by atoms with Gasteiger partial charge in [0.25, 0.3) is 6.43 Å². The van der Waals surface area contributed by atoms with Crippen molar-refractivity contribution < 1.29 is 18.3 Å². The van der Waals surface area contributed by atoms with Crippen molar-refractivity contribution in [3.63, 3.8) is 0 Å². The molecule has 0 saturated heterocycles. The number of esters is 1. The average Bonchev–Trinajstić information content (AvgIpc) is 2.26. The number of carbonyl (C=O) groups is 1. The summed E-state index contributed by atoms with van der Waals surface area (Å²) in [5.74, 6) is -0.848. The van der Waals surface area contributed by atoms with Gasteiger partial charge in [0, 0.05) is 0 Å². The summed E-state index contributed by atoms with van der Waals surface area (Å²) in [6.07, 6.45) is -2.93. The second-order valence-electron chi connectivity index (χ2n) is 2.66. The number of halogens is 3. The lowest BCUT2D eigenvalue weighted by atomic mass is 10.1. The largest absolute Gasteiger partial charge is 0.464 e. The zero-order valence-corrected chi connectivity index (χ0v) is 8.76. The van der Waals surface area contributed by atoms with Crippen molar-refractivity contribution in [3.05, 3.63) is 28.0 Å². The molecule has 0 bridgehead atoms. The molecule has 1 aromatic rings. The number of alkyl halides is 2. The molecule has 0 aliphatic heterocycles. The molecule has 1 heterocycles. The number of methoxy groups -OCH3 is 1.